The lowest BCUT2D eigenvalue weighted by Gasteiger charge is -2.31. The Morgan fingerprint density at radius 1 is 1.07 bits per heavy atom. The summed E-state index contributed by atoms with van der Waals surface area (Å²) in [6.45, 7) is 0.246. The Morgan fingerprint density at radius 3 is 2.43 bits per heavy atom. The molecular weight excluding hydrogens is 393 g/mol. The van der Waals surface area contributed by atoms with Gasteiger partial charge in [-0.05, 0) is 42.7 Å². The van der Waals surface area contributed by atoms with Gasteiger partial charge >= 0.3 is 0 Å². The van der Waals surface area contributed by atoms with Gasteiger partial charge in [0.25, 0.3) is 0 Å². The van der Waals surface area contributed by atoms with Crippen LogP contribution in [0.1, 0.15) is 18.4 Å². The summed E-state index contributed by atoms with van der Waals surface area (Å²) in [5.41, 5.74) is 0.291. The maximum Gasteiger partial charge on any atom is 0.228 e. The first-order valence-electron chi connectivity index (χ1n) is 8.73. The highest BCUT2D eigenvalue weighted by Crippen LogP contribution is 2.24. The monoisotopic (exact) mass is 412 g/mol. The van der Waals surface area contributed by atoms with Crippen molar-refractivity contribution in [2.75, 3.05) is 18.4 Å². The number of carbonyl (C=O) groups excluding carboxylic acids is 1. The Balaban J connectivity index is 1.67. The number of benzene rings is 2. The molecule has 0 radical (unpaired) electrons. The van der Waals surface area contributed by atoms with Crippen LogP contribution in [0, 0.1) is 23.4 Å². The standard InChI is InChI=1S/C19H19F3N2O3S/c20-15-5-3-13(4-6-15)12-28(26,27)24-9-1-2-14(11-24)19(25)23-18-8-7-16(21)10-17(18)22/h3-8,10,14H,1-2,9,11-12H2,(H,23,25). The Bertz CT molecular complexity index is 965. The van der Waals surface area contributed by atoms with Crippen LogP contribution in [-0.2, 0) is 20.6 Å². The van der Waals surface area contributed by atoms with Crippen LogP contribution in [0.25, 0.3) is 0 Å². The predicted octanol–water partition coefficient (Wildman–Crippen LogP) is 3.28. The van der Waals surface area contributed by atoms with Gasteiger partial charge < -0.3 is 5.32 Å². The molecule has 1 heterocycles. The lowest BCUT2D eigenvalue weighted by molar-refractivity contribution is -0.120. The van der Waals surface area contributed by atoms with Crippen molar-refractivity contribution in [2.45, 2.75) is 18.6 Å². The molecule has 1 aliphatic heterocycles. The highest BCUT2D eigenvalue weighted by molar-refractivity contribution is 7.88. The zero-order chi connectivity index (χ0) is 20.3. The van der Waals surface area contributed by atoms with Crippen molar-refractivity contribution in [2.24, 2.45) is 5.92 Å². The number of nitrogens with one attached hydrogen (secondary N) is 1. The molecule has 0 saturated carbocycles. The molecule has 5 nitrogen and oxygen atoms in total. The maximum absolute atomic E-state index is 13.7. The molecule has 28 heavy (non-hydrogen) atoms. The van der Waals surface area contributed by atoms with Crippen molar-refractivity contribution < 1.29 is 26.4 Å². The molecule has 0 spiro atoms. The fraction of sp³-hybridized carbons (Fsp3) is 0.316. The normalized spacial score (nSPS) is 18.0. The third kappa shape index (κ3) is 4.90. The number of hydrogen-bond donors (Lipinski definition) is 1. The highest BCUT2D eigenvalue weighted by atomic mass is 32.2. The van der Waals surface area contributed by atoms with E-state index in [0.717, 1.165) is 12.1 Å². The number of sulfonamides is 1. The second kappa shape index (κ2) is 8.32. The maximum atomic E-state index is 13.7. The lowest BCUT2D eigenvalue weighted by Crippen LogP contribution is -2.44. The molecule has 0 bridgehead atoms. The molecule has 2 aromatic carbocycles. The van der Waals surface area contributed by atoms with Crippen LogP contribution in [0.4, 0.5) is 18.9 Å². The molecule has 1 unspecified atom stereocenters. The fourth-order valence-electron chi connectivity index (χ4n) is 3.12. The summed E-state index contributed by atoms with van der Waals surface area (Å²) in [6.07, 6.45) is 0.934. The lowest BCUT2D eigenvalue weighted by atomic mass is 9.98. The number of piperidine rings is 1. The molecule has 1 aliphatic rings. The van der Waals surface area contributed by atoms with E-state index in [1.54, 1.807) is 0 Å². The van der Waals surface area contributed by atoms with E-state index in [-0.39, 0.29) is 24.5 Å². The zero-order valence-corrected chi connectivity index (χ0v) is 15.7. The molecule has 2 aromatic rings. The van der Waals surface area contributed by atoms with Gasteiger partial charge in [-0.3, -0.25) is 4.79 Å². The topological polar surface area (TPSA) is 66.5 Å². The first kappa shape index (κ1) is 20.3. The fourth-order valence-corrected chi connectivity index (χ4v) is 4.73. The summed E-state index contributed by atoms with van der Waals surface area (Å²) in [4.78, 5) is 12.4. The van der Waals surface area contributed by atoms with E-state index in [2.05, 4.69) is 5.32 Å². The molecule has 1 amide bonds. The Kier molecular flexibility index (Phi) is 6.04. The smallest absolute Gasteiger partial charge is 0.228 e. The van der Waals surface area contributed by atoms with Crippen LogP contribution in [-0.4, -0.2) is 31.7 Å². The molecule has 3 rings (SSSR count). The van der Waals surface area contributed by atoms with Crippen molar-refractivity contribution >= 4 is 21.6 Å². The van der Waals surface area contributed by atoms with E-state index in [0.29, 0.717) is 24.5 Å². The minimum absolute atomic E-state index is 0.0296. The van der Waals surface area contributed by atoms with Crippen molar-refractivity contribution in [3.8, 4) is 0 Å². The van der Waals surface area contributed by atoms with Crippen molar-refractivity contribution in [1.29, 1.82) is 0 Å². The van der Waals surface area contributed by atoms with Crippen molar-refractivity contribution in [3.05, 3.63) is 65.5 Å². The number of amides is 1. The predicted molar refractivity (Wildman–Crippen MR) is 98.3 cm³/mol. The van der Waals surface area contributed by atoms with Gasteiger partial charge in [0.15, 0.2) is 0 Å². The van der Waals surface area contributed by atoms with Crippen LogP contribution in [0.2, 0.25) is 0 Å². The summed E-state index contributed by atoms with van der Waals surface area (Å²) in [5, 5.41) is 2.39. The van der Waals surface area contributed by atoms with E-state index in [1.165, 1.54) is 28.6 Å². The third-order valence-electron chi connectivity index (χ3n) is 4.60. The van der Waals surface area contributed by atoms with Crippen molar-refractivity contribution in [1.82, 2.24) is 4.31 Å². The number of rotatable bonds is 5. The van der Waals surface area contributed by atoms with Crippen molar-refractivity contribution in [3.63, 3.8) is 0 Å². The summed E-state index contributed by atoms with van der Waals surface area (Å²) < 4.78 is 66.2. The van der Waals surface area contributed by atoms with Gasteiger partial charge in [0.2, 0.25) is 15.9 Å². The zero-order valence-electron chi connectivity index (χ0n) is 14.9. The molecule has 1 N–H and O–H groups in total. The van der Waals surface area contributed by atoms with Gasteiger partial charge in [-0.15, -0.1) is 0 Å². The van der Waals surface area contributed by atoms with E-state index < -0.39 is 39.3 Å². The van der Waals surface area contributed by atoms with E-state index in [1.807, 2.05) is 0 Å². The third-order valence-corrected chi connectivity index (χ3v) is 6.42. The van der Waals surface area contributed by atoms with E-state index in [4.69, 9.17) is 0 Å². The molecular formula is C19H19F3N2O3S. The highest BCUT2D eigenvalue weighted by Gasteiger charge is 2.32. The van der Waals surface area contributed by atoms with Gasteiger partial charge in [-0.1, -0.05) is 12.1 Å². The number of nitrogens with zero attached hydrogens (tertiary/aromatic N) is 1. The van der Waals surface area contributed by atoms with Gasteiger partial charge in [0.1, 0.15) is 17.5 Å². The first-order valence-corrected chi connectivity index (χ1v) is 10.3. The van der Waals surface area contributed by atoms with Crippen LogP contribution in [0.15, 0.2) is 42.5 Å². The molecule has 1 saturated heterocycles. The number of carbonyl (C=O) groups is 1. The van der Waals surface area contributed by atoms with Crippen LogP contribution < -0.4 is 5.32 Å². The molecule has 9 heteroatoms. The summed E-state index contributed by atoms with van der Waals surface area (Å²) in [5.74, 6) is -3.58. The number of halogens is 3. The molecule has 1 atom stereocenters. The van der Waals surface area contributed by atoms with Crippen LogP contribution >= 0.6 is 0 Å². The molecule has 0 aliphatic carbocycles. The Morgan fingerprint density at radius 2 is 1.75 bits per heavy atom. The minimum Gasteiger partial charge on any atom is -0.323 e. The van der Waals surface area contributed by atoms with Gasteiger partial charge in [0, 0.05) is 19.2 Å². The largest absolute Gasteiger partial charge is 0.323 e. The van der Waals surface area contributed by atoms with Gasteiger partial charge in [-0.25, -0.2) is 25.9 Å². The summed E-state index contributed by atoms with van der Waals surface area (Å²) >= 11 is 0. The van der Waals surface area contributed by atoms with Crippen LogP contribution in [0.3, 0.4) is 0 Å². The second-order valence-corrected chi connectivity index (χ2v) is 8.66. The quantitative estimate of drug-likeness (QED) is 0.820. The first-order chi connectivity index (χ1) is 13.2. The summed E-state index contributed by atoms with van der Waals surface area (Å²) in [7, 11) is -3.70. The average Bonchev–Trinajstić information content (AvgIpc) is 2.66. The second-order valence-electron chi connectivity index (χ2n) is 6.69. The Labute approximate surface area is 161 Å². The molecule has 0 aromatic heterocycles. The number of hydrogen-bond acceptors (Lipinski definition) is 3. The van der Waals surface area contributed by atoms with Gasteiger partial charge in [-0.2, -0.15) is 0 Å². The SMILES string of the molecule is O=C(Nc1ccc(F)cc1F)C1CCCN(S(=O)(=O)Cc2ccc(F)cc2)C1. The molecule has 150 valence electrons. The summed E-state index contributed by atoms with van der Waals surface area (Å²) in [6, 6.07) is 7.99. The average molecular weight is 412 g/mol. The van der Waals surface area contributed by atoms with Gasteiger partial charge in [0.05, 0.1) is 17.4 Å². The van der Waals surface area contributed by atoms with E-state index in [9.17, 15) is 26.4 Å². The van der Waals surface area contributed by atoms with E-state index >= 15 is 0 Å². The minimum atomic E-state index is -3.70. The Hall–Kier alpha value is -2.39. The number of anilines is 1. The van der Waals surface area contributed by atoms with Crippen LogP contribution in [0.5, 0.6) is 0 Å². The molecule has 1 fully saturated rings.